The zero-order valence-electron chi connectivity index (χ0n) is 16.9. The number of amides is 2. The number of rotatable bonds is 5. The Morgan fingerprint density at radius 2 is 1.96 bits per heavy atom. The summed E-state index contributed by atoms with van der Waals surface area (Å²) in [5.74, 6) is 0.321. The monoisotopic (exact) mass is 399 g/mol. The topological polar surface area (TPSA) is 70.7 Å². The number of alkyl halides is 1. The number of carbonyl (C=O) groups excluding carboxylic acids is 2. The Morgan fingerprint density at radius 1 is 1.26 bits per heavy atom. The van der Waals surface area contributed by atoms with Gasteiger partial charge in [-0.3, -0.25) is 14.5 Å². The van der Waals surface area contributed by atoms with Gasteiger partial charge in [0.15, 0.2) is 0 Å². The van der Waals surface area contributed by atoms with Crippen LogP contribution in [-0.4, -0.2) is 67.0 Å². The highest BCUT2D eigenvalue weighted by atomic mass is 35.5. The van der Waals surface area contributed by atoms with E-state index in [0.717, 1.165) is 26.1 Å². The summed E-state index contributed by atoms with van der Waals surface area (Å²) >= 11 is 6.53. The van der Waals surface area contributed by atoms with Gasteiger partial charge in [0, 0.05) is 29.9 Å². The Balaban J connectivity index is 1.58. The van der Waals surface area contributed by atoms with Gasteiger partial charge in [0.1, 0.15) is 0 Å². The number of nitrogens with zero attached hydrogens (tertiary/aromatic N) is 1. The average molecular weight is 400 g/mol. The smallest absolute Gasteiger partial charge is 0.225 e. The molecule has 3 rings (SSSR count). The van der Waals surface area contributed by atoms with Gasteiger partial charge in [0.25, 0.3) is 0 Å². The predicted octanol–water partition coefficient (Wildman–Crippen LogP) is 1.62. The summed E-state index contributed by atoms with van der Waals surface area (Å²) in [5, 5.41) is 6.06. The SMILES string of the molecule is CC1CC(C)C(CNC(=O)C2CC(Cl)CC(N(C)C3COC3)C2C)C(=O)N1. The van der Waals surface area contributed by atoms with Crippen molar-refractivity contribution in [3.05, 3.63) is 0 Å². The summed E-state index contributed by atoms with van der Waals surface area (Å²) in [6, 6.07) is 0.919. The molecule has 0 aromatic carbocycles. The maximum absolute atomic E-state index is 13.0. The summed E-state index contributed by atoms with van der Waals surface area (Å²) in [6.07, 6.45) is 2.55. The molecule has 7 atom stereocenters. The zero-order valence-corrected chi connectivity index (χ0v) is 17.7. The fourth-order valence-corrected chi connectivity index (χ4v) is 5.34. The molecule has 27 heavy (non-hydrogen) atoms. The van der Waals surface area contributed by atoms with Gasteiger partial charge in [-0.15, -0.1) is 11.6 Å². The quantitative estimate of drug-likeness (QED) is 0.689. The predicted molar refractivity (Wildman–Crippen MR) is 106 cm³/mol. The Labute approximate surface area is 167 Å². The van der Waals surface area contributed by atoms with Crippen molar-refractivity contribution in [3.8, 4) is 0 Å². The third kappa shape index (κ3) is 4.60. The van der Waals surface area contributed by atoms with Gasteiger partial charge in [-0.2, -0.15) is 0 Å². The molecule has 0 spiro atoms. The highest BCUT2D eigenvalue weighted by Crippen LogP contribution is 2.37. The number of piperidine rings is 1. The molecule has 1 aliphatic carbocycles. The minimum absolute atomic E-state index is 0.00291. The number of hydrogen-bond acceptors (Lipinski definition) is 4. The van der Waals surface area contributed by atoms with Gasteiger partial charge >= 0.3 is 0 Å². The molecular formula is C20H34ClN3O3. The number of hydrogen-bond donors (Lipinski definition) is 2. The van der Waals surface area contributed by atoms with E-state index < -0.39 is 0 Å². The van der Waals surface area contributed by atoms with Gasteiger partial charge in [-0.05, 0) is 45.1 Å². The first-order valence-corrected chi connectivity index (χ1v) is 10.7. The molecule has 2 N–H and O–H groups in total. The second kappa shape index (κ2) is 8.66. The van der Waals surface area contributed by atoms with Gasteiger partial charge in [0.05, 0.1) is 25.2 Å². The molecular weight excluding hydrogens is 366 g/mol. The standard InChI is InChI=1S/C20H34ClN3O3/c1-11-5-12(2)23-20(26)17(11)8-22-19(25)16-6-14(21)7-18(13(16)3)24(4)15-9-27-10-15/h11-18H,5-10H2,1-4H3,(H,22,25)(H,23,26). The summed E-state index contributed by atoms with van der Waals surface area (Å²) < 4.78 is 5.32. The van der Waals surface area contributed by atoms with Crippen molar-refractivity contribution in [2.45, 2.75) is 63.5 Å². The third-order valence-corrected chi connectivity index (χ3v) is 7.30. The van der Waals surface area contributed by atoms with E-state index in [-0.39, 0.29) is 52.9 Å². The molecule has 7 unspecified atom stereocenters. The minimum Gasteiger partial charge on any atom is -0.378 e. The van der Waals surface area contributed by atoms with Crippen LogP contribution in [0.1, 0.15) is 40.0 Å². The van der Waals surface area contributed by atoms with Crippen molar-refractivity contribution in [2.24, 2.45) is 23.7 Å². The molecule has 0 radical (unpaired) electrons. The molecule has 6 nitrogen and oxygen atoms in total. The Kier molecular flexibility index (Phi) is 6.70. The van der Waals surface area contributed by atoms with Crippen molar-refractivity contribution >= 4 is 23.4 Å². The molecule has 2 amide bonds. The number of ether oxygens (including phenoxy) is 1. The molecule has 3 aliphatic rings. The lowest BCUT2D eigenvalue weighted by atomic mass is 9.75. The molecule has 3 fully saturated rings. The summed E-state index contributed by atoms with van der Waals surface area (Å²) in [7, 11) is 2.12. The van der Waals surface area contributed by atoms with Crippen LogP contribution in [0.5, 0.6) is 0 Å². The van der Waals surface area contributed by atoms with Crippen LogP contribution >= 0.6 is 11.6 Å². The average Bonchev–Trinajstić information content (AvgIpc) is 2.53. The van der Waals surface area contributed by atoms with Crippen molar-refractivity contribution in [1.29, 1.82) is 0 Å². The van der Waals surface area contributed by atoms with Crippen molar-refractivity contribution in [3.63, 3.8) is 0 Å². The normalized spacial score (nSPS) is 40.4. The fourth-order valence-electron chi connectivity index (χ4n) is 4.97. The first-order valence-electron chi connectivity index (χ1n) is 10.3. The maximum atomic E-state index is 13.0. The van der Waals surface area contributed by atoms with Crippen molar-refractivity contribution < 1.29 is 14.3 Å². The van der Waals surface area contributed by atoms with E-state index in [1.807, 2.05) is 6.92 Å². The number of halogens is 1. The van der Waals surface area contributed by atoms with E-state index in [0.29, 0.717) is 19.0 Å². The van der Waals surface area contributed by atoms with E-state index in [2.05, 4.69) is 36.4 Å². The van der Waals surface area contributed by atoms with Crippen LogP contribution in [0.4, 0.5) is 0 Å². The molecule has 2 saturated heterocycles. The first kappa shape index (κ1) is 20.9. The van der Waals surface area contributed by atoms with E-state index in [1.165, 1.54) is 0 Å². The van der Waals surface area contributed by atoms with E-state index in [9.17, 15) is 9.59 Å². The maximum Gasteiger partial charge on any atom is 0.225 e. The molecule has 154 valence electrons. The number of nitrogens with one attached hydrogen (secondary N) is 2. The van der Waals surface area contributed by atoms with E-state index in [1.54, 1.807) is 0 Å². The van der Waals surface area contributed by atoms with E-state index >= 15 is 0 Å². The van der Waals surface area contributed by atoms with E-state index in [4.69, 9.17) is 16.3 Å². The fraction of sp³-hybridized carbons (Fsp3) is 0.900. The summed E-state index contributed by atoms with van der Waals surface area (Å²) in [5.41, 5.74) is 0. The first-order chi connectivity index (χ1) is 12.8. The number of likely N-dealkylation sites (N-methyl/N-ethyl adjacent to an activating group) is 1. The highest BCUT2D eigenvalue weighted by Gasteiger charge is 2.43. The van der Waals surface area contributed by atoms with Crippen LogP contribution in [0.3, 0.4) is 0 Å². The summed E-state index contributed by atoms with van der Waals surface area (Å²) in [6.45, 7) is 8.21. The molecule has 0 aromatic rings. The van der Waals surface area contributed by atoms with Crippen LogP contribution in [0, 0.1) is 23.7 Å². The molecule has 0 aromatic heterocycles. The zero-order chi connectivity index (χ0) is 19.7. The molecule has 1 saturated carbocycles. The third-order valence-electron chi connectivity index (χ3n) is 6.94. The molecule has 2 aliphatic heterocycles. The van der Waals surface area contributed by atoms with Crippen LogP contribution < -0.4 is 10.6 Å². The second-order valence-corrected chi connectivity index (χ2v) is 9.55. The van der Waals surface area contributed by atoms with Crippen molar-refractivity contribution in [2.75, 3.05) is 26.8 Å². The van der Waals surface area contributed by atoms with Gasteiger partial charge in [-0.1, -0.05) is 13.8 Å². The second-order valence-electron chi connectivity index (χ2n) is 8.93. The Hall–Kier alpha value is -0.850. The molecule has 2 heterocycles. The van der Waals surface area contributed by atoms with Crippen LogP contribution in [0.15, 0.2) is 0 Å². The molecule has 0 bridgehead atoms. The Bertz CT molecular complexity index is 557. The largest absolute Gasteiger partial charge is 0.378 e. The van der Waals surface area contributed by atoms with Crippen LogP contribution in [0.25, 0.3) is 0 Å². The Morgan fingerprint density at radius 3 is 2.56 bits per heavy atom. The highest BCUT2D eigenvalue weighted by molar-refractivity contribution is 6.20. The molecule has 7 heteroatoms. The van der Waals surface area contributed by atoms with Crippen LogP contribution in [0.2, 0.25) is 0 Å². The number of carbonyl (C=O) groups is 2. The van der Waals surface area contributed by atoms with Gasteiger partial charge in [0.2, 0.25) is 11.8 Å². The lowest BCUT2D eigenvalue weighted by molar-refractivity contribution is -0.133. The van der Waals surface area contributed by atoms with Gasteiger partial charge in [-0.25, -0.2) is 0 Å². The van der Waals surface area contributed by atoms with Crippen LogP contribution in [-0.2, 0) is 14.3 Å². The lowest BCUT2D eigenvalue weighted by Crippen LogP contribution is -2.57. The van der Waals surface area contributed by atoms with Crippen molar-refractivity contribution in [1.82, 2.24) is 15.5 Å². The summed E-state index contributed by atoms with van der Waals surface area (Å²) in [4.78, 5) is 27.6. The van der Waals surface area contributed by atoms with Gasteiger partial charge < -0.3 is 15.4 Å². The lowest BCUT2D eigenvalue weighted by Gasteiger charge is -2.47. The minimum atomic E-state index is -0.151.